The lowest BCUT2D eigenvalue weighted by molar-refractivity contribution is 0.0730. The van der Waals surface area contributed by atoms with Gasteiger partial charge in [0.2, 0.25) is 0 Å². The molecule has 0 spiro atoms. The number of nitrogens with zero attached hydrogens (tertiary/aromatic N) is 2. The first kappa shape index (κ1) is 19.7. The Morgan fingerprint density at radius 3 is 2.26 bits per heavy atom. The number of phenolic OH excluding ortho intramolecular Hbond substituents is 1. The molecule has 1 unspecified atom stereocenters. The molecule has 1 aliphatic heterocycles. The average Bonchev–Trinajstić information content (AvgIpc) is 3.30. The van der Waals surface area contributed by atoms with E-state index >= 15 is 0 Å². The predicted octanol–water partition coefficient (Wildman–Crippen LogP) is 5.83. The number of aromatic nitrogens is 2. The van der Waals surface area contributed by atoms with Crippen LogP contribution in [0.25, 0.3) is 11.3 Å². The van der Waals surface area contributed by atoms with E-state index in [0.717, 1.165) is 16.7 Å². The SMILES string of the molecule is O=C1c2[nH]nc(-c3ccccc3O)c2C(c2ccc(Cl)cc2)N1Cc1ccc(Cl)cc1. The number of rotatable bonds is 4. The van der Waals surface area contributed by atoms with Crippen molar-refractivity contribution in [1.82, 2.24) is 15.1 Å². The highest BCUT2D eigenvalue weighted by molar-refractivity contribution is 6.30. The highest BCUT2D eigenvalue weighted by Gasteiger charge is 2.42. The van der Waals surface area contributed by atoms with Crippen LogP contribution in [-0.2, 0) is 6.54 Å². The normalized spacial score (nSPS) is 15.4. The van der Waals surface area contributed by atoms with E-state index < -0.39 is 0 Å². The van der Waals surface area contributed by atoms with Crippen LogP contribution in [0.2, 0.25) is 10.0 Å². The van der Waals surface area contributed by atoms with Crippen LogP contribution in [0, 0.1) is 0 Å². The van der Waals surface area contributed by atoms with Crippen LogP contribution in [0.5, 0.6) is 5.75 Å². The quantitative estimate of drug-likeness (QED) is 0.411. The summed E-state index contributed by atoms with van der Waals surface area (Å²) in [6, 6.07) is 21.4. The van der Waals surface area contributed by atoms with Gasteiger partial charge in [-0.3, -0.25) is 9.89 Å². The van der Waals surface area contributed by atoms with Crippen LogP contribution in [0.4, 0.5) is 0 Å². The van der Waals surface area contributed by atoms with Gasteiger partial charge in [0.05, 0.1) is 6.04 Å². The topological polar surface area (TPSA) is 69.2 Å². The van der Waals surface area contributed by atoms with E-state index in [1.54, 1.807) is 35.2 Å². The lowest BCUT2D eigenvalue weighted by Crippen LogP contribution is -2.29. The molecule has 2 heterocycles. The number of H-pyrrole nitrogens is 1. The van der Waals surface area contributed by atoms with Gasteiger partial charge in [-0.15, -0.1) is 0 Å². The summed E-state index contributed by atoms with van der Waals surface area (Å²) in [6.07, 6.45) is 0. The van der Waals surface area contributed by atoms with E-state index in [1.165, 1.54) is 0 Å². The summed E-state index contributed by atoms with van der Waals surface area (Å²) in [6.45, 7) is 0.395. The number of hydrogen-bond acceptors (Lipinski definition) is 3. The molecule has 154 valence electrons. The number of carbonyl (C=O) groups is 1. The summed E-state index contributed by atoms with van der Waals surface area (Å²) in [4.78, 5) is 15.2. The Morgan fingerprint density at radius 1 is 0.935 bits per heavy atom. The number of benzene rings is 3. The number of nitrogens with one attached hydrogen (secondary N) is 1. The first-order valence-electron chi connectivity index (χ1n) is 9.70. The van der Waals surface area contributed by atoms with Crippen molar-refractivity contribution >= 4 is 29.1 Å². The molecule has 0 aliphatic carbocycles. The van der Waals surface area contributed by atoms with Gasteiger partial charge in [-0.25, -0.2) is 0 Å². The van der Waals surface area contributed by atoms with Crippen LogP contribution in [0.15, 0.2) is 72.8 Å². The maximum absolute atomic E-state index is 13.4. The van der Waals surface area contributed by atoms with Crippen molar-refractivity contribution in [3.05, 3.63) is 105 Å². The van der Waals surface area contributed by atoms with Crippen LogP contribution in [0.3, 0.4) is 0 Å². The Morgan fingerprint density at radius 2 is 1.58 bits per heavy atom. The zero-order valence-electron chi connectivity index (χ0n) is 16.2. The second kappa shape index (κ2) is 7.76. The van der Waals surface area contributed by atoms with E-state index in [-0.39, 0.29) is 17.7 Å². The molecule has 0 radical (unpaired) electrons. The monoisotopic (exact) mass is 449 g/mol. The highest BCUT2D eigenvalue weighted by Crippen LogP contribution is 2.45. The molecule has 0 fully saturated rings. The zero-order valence-corrected chi connectivity index (χ0v) is 17.7. The molecule has 31 heavy (non-hydrogen) atoms. The number of para-hydroxylation sites is 1. The van der Waals surface area contributed by atoms with E-state index in [0.29, 0.717) is 33.5 Å². The largest absolute Gasteiger partial charge is 0.507 e. The Kier molecular flexibility index (Phi) is 4.93. The maximum Gasteiger partial charge on any atom is 0.273 e. The van der Waals surface area contributed by atoms with E-state index in [9.17, 15) is 9.90 Å². The lowest BCUT2D eigenvalue weighted by atomic mass is 9.95. The third-order valence-corrected chi connectivity index (χ3v) is 5.98. The Balaban J connectivity index is 1.65. The molecule has 5 rings (SSSR count). The summed E-state index contributed by atoms with van der Waals surface area (Å²) >= 11 is 12.1. The molecule has 1 aliphatic rings. The maximum atomic E-state index is 13.4. The van der Waals surface area contributed by atoms with Crippen molar-refractivity contribution in [2.45, 2.75) is 12.6 Å². The van der Waals surface area contributed by atoms with Gasteiger partial charge >= 0.3 is 0 Å². The standard InChI is InChI=1S/C24H17Cl2N3O2/c25-16-9-5-14(6-10-16)13-29-23(15-7-11-17(26)12-8-15)20-21(27-28-22(20)24(29)31)18-3-1-2-4-19(18)30/h1-12,23,30H,13H2,(H,27,28). The van der Waals surface area contributed by atoms with Crippen molar-refractivity contribution in [3.8, 4) is 17.0 Å². The number of aromatic hydroxyl groups is 1. The molecule has 0 saturated heterocycles. The summed E-state index contributed by atoms with van der Waals surface area (Å²) in [5.41, 5.74) is 4.15. The van der Waals surface area contributed by atoms with Crippen LogP contribution in [-0.4, -0.2) is 26.1 Å². The van der Waals surface area contributed by atoms with Gasteiger partial charge in [-0.2, -0.15) is 5.10 Å². The fourth-order valence-electron chi connectivity index (χ4n) is 4.02. The van der Waals surface area contributed by atoms with Gasteiger partial charge in [0.1, 0.15) is 17.1 Å². The zero-order chi connectivity index (χ0) is 21.5. The summed E-state index contributed by atoms with van der Waals surface area (Å²) < 4.78 is 0. The number of halogens is 2. The van der Waals surface area contributed by atoms with Gasteiger partial charge < -0.3 is 10.0 Å². The third-order valence-electron chi connectivity index (χ3n) is 5.47. The third kappa shape index (κ3) is 3.46. The van der Waals surface area contributed by atoms with Crippen molar-refractivity contribution in [2.75, 3.05) is 0 Å². The van der Waals surface area contributed by atoms with Crippen LogP contribution >= 0.6 is 23.2 Å². The van der Waals surface area contributed by atoms with Crippen molar-refractivity contribution in [2.24, 2.45) is 0 Å². The Labute approximate surface area is 188 Å². The fraction of sp³-hybridized carbons (Fsp3) is 0.0833. The van der Waals surface area contributed by atoms with Crippen molar-refractivity contribution in [1.29, 1.82) is 0 Å². The van der Waals surface area contributed by atoms with Gasteiger partial charge in [0.25, 0.3) is 5.91 Å². The predicted molar refractivity (Wildman–Crippen MR) is 120 cm³/mol. The second-order valence-electron chi connectivity index (χ2n) is 7.39. The molecule has 1 aromatic heterocycles. The van der Waals surface area contributed by atoms with Crippen molar-refractivity contribution < 1.29 is 9.90 Å². The fourth-order valence-corrected chi connectivity index (χ4v) is 4.27. The first-order chi connectivity index (χ1) is 15.0. The van der Waals surface area contributed by atoms with E-state index in [2.05, 4.69) is 10.2 Å². The molecule has 7 heteroatoms. The number of aromatic amines is 1. The molecule has 1 amide bonds. The number of amides is 1. The highest BCUT2D eigenvalue weighted by atomic mass is 35.5. The van der Waals surface area contributed by atoms with Gasteiger partial charge in [-0.05, 0) is 47.5 Å². The minimum atomic E-state index is -0.385. The van der Waals surface area contributed by atoms with E-state index in [4.69, 9.17) is 23.2 Å². The Hall–Kier alpha value is -3.28. The first-order valence-corrected chi connectivity index (χ1v) is 10.5. The summed E-state index contributed by atoms with van der Waals surface area (Å²) in [5.74, 6) is -0.0469. The number of fused-ring (bicyclic) bond motifs is 1. The Bertz CT molecular complexity index is 1270. The number of hydrogen-bond donors (Lipinski definition) is 2. The smallest absolute Gasteiger partial charge is 0.273 e. The van der Waals surface area contributed by atoms with Gasteiger partial charge in [0.15, 0.2) is 0 Å². The average molecular weight is 450 g/mol. The van der Waals surface area contributed by atoms with E-state index in [1.807, 2.05) is 42.5 Å². The molecule has 1 atom stereocenters. The summed E-state index contributed by atoms with van der Waals surface area (Å²) in [7, 11) is 0. The molecule has 0 bridgehead atoms. The molecule has 2 N–H and O–H groups in total. The molecule has 0 saturated carbocycles. The molecule has 3 aromatic carbocycles. The molecule has 4 aromatic rings. The van der Waals surface area contributed by atoms with Gasteiger partial charge in [0, 0.05) is 27.7 Å². The lowest BCUT2D eigenvalue weighted by Gasteiger charge is -2.26. The van der Waals surface area contributed by atoms with Gasteiger partial charge in [-0.1, -0.05) is 59.6 Å². The second-order valence-corrected chi connectivity index (χ2v) is 8.26. The minimum absolute atomic E-state index is 0.107. The number of phenols is 1. The number of carbonyl (C=O) groups excluding carboxylic acids is 1. The van der Waals surface area contributed by atoms with Crippen LogP contribution < -0.4 is 0 Å². The molecule has 5 nitrogen and oxygen atoms in total. The van der Waals surface area contributed by atoms with Crippen LogP contribution in [0.1, 0.15) is 33.2 Å². The molecular weight excluding hydrogens is 433 g/mol. The van der Waals surface area contributed by atoms with Crippen molar-refractivity contribution in [3.63, 3.8) is 0 Å². The minimum Gasteiger partial charge on any atom is -0.507 e. The summed E-state index contributed by atoms with van der Waals surface area (Å²) in [5, 5.41) is 19.0. The molecular formula is C24H17Cl2N3O2.